The zero-order valence-corrected chi connectivity index (χ0v) is 20.0. The van der Waals surface area contributed by atoms with Gasteiger partial charge in [0.05, 0.1) is 12.5 Å². The summed E-state index contributed by atoms with van der Waals surface area (Å²) in [5, 5.41) is 6.64. The number of hydrogen-bond donors (Lipinski definition) is 2. The summed E-state index contributed by atoms with van der Waals surface area (Å²) in [5.41, 5.74) is 4.16. The molecule has 2 N–H and O–H groups in total. The monoisotopic (exact) mass is 475 g/mol. The molecule has 2 heterocycles. The molecule has 1 aliphatic heterocycles. The fraction of sp³-hybridized carbons (Fsp3) is 0.250. The van der Waals surface area contributed by atoms with E-state index in [0.717, 1.165) is 60.3 Å². The second kappa shape index (κ2) is 11.1. The Labute approximate surface area is 205 Å². The van der Waals surface area contributed by atoms with Crippen molar-refractivity contribution in [2.45, 2.75) is 18.9 Å². The van der Waals surface area contributed by atoms with Crippen molar-refractivity contribution in [3.8, 4) is 11.1 Å². The molecule has 0 bridgehead atoms. The van der Waals surface area contributed by atoms with Gasteiger partial charge in [0.15, 0.2) is 0 Å². The standard InChI is InChI=1S/C28H31F2N5/c1-20(23-5-4-12-32-18-23)34-13-10-28(11-14-34)35(19-31-3)21(2)33-27-8-6-22(7-9-27)24-15-25(29)17-26(30)16-24/h4-9,12,15-18,28,31,33H,1-2,10-11,13-14,19H2,3H3. The summed E-state index contributed by atoms with van der Waals surface area (Å²) < 4.78 is 27.1. The van der Waals surface area contributed by atoms with Crippen LogP contribution in [0.15, 0.2) is 86.0 Å². The van der Waals surface area contributed by atoms with Crippen molar-refractivity contribution in [1.29, 1.82) is 0 Å². The molecule has 7 heteroatoms. The van der Waals surface area contributed by atoms with Crippen LogP contribution in [0.3, 0.4) is 0 Å². The Balaban J connectivity index is 1.38. The van der Waals surface area contributed by atoms with Crippen LogP contribution in [0.1, 0.15) is 18.4 Å². The number of nitrogens with zero attached hydrogens (tertiary/aromatic N) is 3. The van der Waals surface area contributed by atoms with E-state index in [9.17, 15) is 8.78 Å². The zero-order chi connectivity index (χ0) is 24.8. The Hall–Kier alpha value is -3.71. The van der Waals surface area contributed by atoms with Gasteiger partial charge in [-0.15, -0.1) is 0 Å². The van der Waals surface area contributed by atoms with Crippen LogP contribution in [0, 0.1) is 11.6 Å². The lowest BCUT2D eigenvalue weighted by molar-refractivity contribution is 0.162. The minimum atomic E-state index is -0.589. The predicted molar refractivity (Wildman–Crippen MR) is 138 cm³/mol. The van der Waals surface area contributed by atoms with Crippen LogP contribution < -0.4 is 10.6 Å². The molecule has 1 saturated heterocycles. The van der Waals surface area contributed by atoms with E-state index >= 15 is 0 Å². The number of aromatic nitrogens is 1. The molecule has 0 spiro atoms. The number of pyridine rings is 1. The molecule has 0 atom stereocenters. The highest BCUT2D eigenvalue weighted by atomic mass is 19.1. The number of likely N-dealkylation sites (tertiary alicyclic amines) is 1. The van der Waals surface area contributed by atoms with Crippen LogP contribution in [-0.2, 0) is 0 Å². The molecule has 0 amide bonds. The van der Waals surface area contributed by atoms with Crippen LogP contribution in [0.2, 0.25) is 0 Å². The first kappa shape index (κ1) is 24.4. The summed E-state index contributed by atoms with van der Waals surface area (Å²) in [4.78, 5) is 8.77. The Morgan fingerprint density at radius 3 is 2.31 bits per heavy atom. The van der Waals surface area contributed by atoms with Gasteiger partial charge in [-0.3, -0.25) is 4.98 Å². The van der Waals surface area contributed by atoms with E-state index in [1.165, 1.54) is 12.1 Å². The van der Waals surface area contributed by atoms with Crippen molar-refractivity contribution in [3.05, 3.63) is 103 Å². The third-order valence-corrected chi connectivity index (χ3v) is 6.33. The summed E-state index contributed by atoms with van der Waals surface area (Å²) in [6.45, 7) is 11.0. The second-order valence-electron chi connectivity index (χ2n) is 8.70. The third kappa shape index (κ3) is 6.05. The van der Waals surface area contributed by atoms with Crippen molar-refractivity contribution in [2.24, 2.45) is 0 Å². The smallest absolute Gasteiger partial charge is 0.126 e. The van der Waals surface area contributed by atoms with Gasteiger partial charge in [0.1, 0.15) is 11.6 Å². The van der Waals surface area contributed by atoms with Crippen molar-refractivity contribution in [2.75, 3.05) is 32.1 Å². The minimum Gasteiger partial charge on any atom is -0.371 e. The molecular weight excluding hydrogens is 444 g/mol. The third-order valence-electron chi connectivity index (χ3n) is 6.33. The molecule has 0 saturated carbocycles. The zero-order valence-electron chi connectivity index (χ0n) is 20.0. The van der Waals surface area contributed by atoms with E-state index in [1.807, 2.05) is 49.6 Å². The van der Waals surface area contributed by atoms with Crippen LogP contribution in [0.4, 0.5) is 14.5 Å². The fourth-order valence-corrected chi connectivity index (χ4v) is 4.48. The summed E-state index contributed by atoms with van der Waals surface area (Å²) in [6, 6.07) is 15.3. The molecular formula is C28H31F2N5. The van der Waals surface area contributed by atoms with Crippen molar-refractivity contribution in [3.63, 3.8) is 0 Å². The average Bonchev–Trinajstić information content (AvgIpc) is 2.87. The number of rotatable bonds is 9. The first-order valence-electron chi connectivity index (χ1n) is 11.7. The largest absolute Gasteiger partial charge is 0.371 e. The Morgan fingerprint density at radius 1 is 1.03 bits per heavy atom. The summed E-state index contributed by atoms with van der Waals surface area (Å²) in [6.07, 6.45) is 5.58. The van der Waals surface area contributed by atoms with E-state index in [2.05, 4.69) is 38.6 Å². The van der Waals surface area contributed by atoms with E-state index in [4.69, 9.17) is 0 Å². The van der Waals surface area contributed by atoms with E-state index in [0.29, 0.717) is 18.3 Å². The molecule has 35 heavy (non-hydrogen) atoms. The molecule has 1 aliphatic rings. The predicted octanol–water partition coefficient (Wildman–Crippen LogP) is 5.52. The van der Waals surface area contributed by atoms with Crippen LogP contribution >= 0.6 is 0 Å². The van der Waals surface area contributed by atoms with Gasteiger partial charge in [0, 0.05) is 54.5 Å². The van der Waals surface area contributed by atoms with Crippen molar-refractivity contribution >= 4 is 11.4 Å². The van der Waals surface area contributed by atoms with E-state index in [-0.39, 0.29) is 0 Å². The van der Waals surface area contributed by atoms with Crippen LogP contribution in [-0.4, -0.2) is 47.6 Å². The minimum absolute atomic E-state index is 0.329. The molecule has 5 nitrogen and oxygen atoms in total. The first-order chi connectivity index (χ1) is 16.9. The molecule has 2 aromatic carbocycles. The van der Waals surface area contributed by atoms with Gasteiger partial charge in [-0.2, -0.15) is 0 Å². The fourth-order valence-electron chi connectivity index (χ4n) is 4.48. The number of benzene rings is 2. The molecule has 0 aliphatic carbocycles. The second-order valence-corrected chi connectivity index (χ2v) is 8.70. The average molecular weight is 476 g/mol. The van der Waals surface area contributed by atoms with Gasteiger partial charge < -0.3 is 20.4 Å². The molecule has 4 rings (SSSR count). The Kier molecular flexibility index (Phi) is 7.77. The van der Waals surface area contributed by atoms with Gasteiger partial charge in [-0.25, -0.2) is 8.78 Å². The number of halogens is 2. The number of hydrogen-bond acceptors (Lipinski definition) is 5. The molecule has 1 aromatic heterocycles. The lowest BCUT2D eigenvalue weighted by atomic mass is 10.0. The number of nitrogens with one attached hydrogen (secondary N) is 2. The van der Waals surface area contributed by atoms with Gasteiger partial charge in [-0.1, -0.05) is 25.3 Å². The lowest BCUT2D eigenvalue weighted by Crippen LogP contribution is -2.47. The molecule has 0 radical (unpaired) electrons. The highest BCUT2D eigenvalue weighted by Crippen LogP contribution is 2.27. The lowest BCUT2D eigenvalue weighted by Gasteiger charge is -2.41. The van der Waals surface area contributed by atoms with Gasteiger partial charge in [-0.05, 0) is 67.4 Å². The molecule has 1 fully saturated rings. The summed E-state index contributed by atoms with van der Waals surface area (Å²) in [5.74, 6) is -0.380. The first-order valence-corrected chi connectivity index (χ1v) is 11.7. The Bertz CT molecular complexity index is 1140. The van der Waals surface area contributed by atoms with Crippen molar-refractivity contribution < 1.29 is 8.78 Å². The van der Waals surface area contributed by atoms with E-state index in [1.54, 1.807) is 6.20 Å². The Morgan fingerprint density at radius 2 is 1.71 bits per heavy atom. The van der Waals surface area contributed by atoms with Gasteiger partial charge in [0.2, 0.25) is 0 Å². The molecule has 3 aromatic rings. The van der Waals surface area contributed by atoms with E-state index < -0.39 is 11.6 Å². The summed E-state index contributed by atoms with van der Waals surface area (Å²) in [7, 11) is 1.92. The molecule has 0 unspecified atom stereocenters. The van der Waals surface area contributed by atoms with Crippen LogP contribution in [0.5, 0.6) is 0 Å². The maximum absolute atomic E-state index is 13.6. The number of piperidine rings is 1. The number of anilines is 1. The normalized spacial score (nSPS) is 14.0. The molecule has 182 valence electrons. The topological polar surface area (TPSA) is 43.4 Å². The SMILES string of the molecule is C=C(c1cccnc1)N1CCC(N(CNC)C(=C)Nc2ccc(-c3cc(F)cc(F)c3)cc2)CC1. The highest BCUT2D eigenvalue weighted by Gasteiger charge is 2.26. The van der Waals surface area contributed by atoms with Gasteiger partial charge in [0.25, 0.3) is 0 Å². The van der Waals surface area contributed by atoms with Crippen molar-refractivity contribution in [1.82, 2.24) is 20.1 Å². The van der Waals surface area contributed by atoms with Gasteiger partial charge >= 0.3 is 0 Å². The van der Waals surface area contributed by atoms with Crippen LogP contribution in [0.25, 0.3) is 16.8 Å². The maximum atomic E-state index is 13.6. The quantitative estimate of drug-likeness (QED) is 0.399. The summed E-state index contributed by atoms with van der Waals surface area (Å²) >= 11 is 0. The highest BCUT2D eigenvalue weighted by molar-refractivity contribution is 5.66. The maximum Gasteiger partial charge on any atom is 0.126 e.